The predicted molar refractivity (Wildman–Crippen MR) is 64.0 cm³/mol. The van der Waals surface area contributed by atoms with E-state index in [0.717, 1.165) is 12.1 Å². The molecule has 0 amide bonds. The lowest BCUT2D eigenvalue weighted by atomic mass is 10.1. The van der Waals surface area contributed by atoms with Crippen molar-refractivity contribution in [1.29, 1.82) is 0 Å². The van der Waals surface area contributed by atoms with Crippen LogP contribution in [-0.2, 0) is 0 Å². The van der Waals surface area contributed by atoms with Gasteiger partial charge in [0, 0.05) is 12.6 Å². The molecule has 0 aliphatic heterocycles. The minimum Gasteiger partial charge on any atom is -0.387 e. The maximum absolute atomic E-state index is 13.4. The topological polar surface area (TPSA) is 23.5 Å². The van der Waals surface area contributed by atoms with Crippen molar-refractivity contribution in [3.05, 3.63) is 35.4 Å². The van der Waals surface area contributed by atoms with Gasteiger partial charge in [-0.2, -0.15) is 0 Å². The van der Waals surface area contributed by atoms with Gasteiger partial charge in [0.15, 0.2) is 0 Å². The number of aliphatic hydroxyl groups is 1. The fraction of sp³-hybridized carbons (Fsp3) is 0.538. The molecule has 0 spiro atoms. The van der Waals surface area contributed by atoms with Crippen LogP contribution in [0.1, 0.15) is 25.5 Å². The number of nitrogens with zero attached hydrogens (tertiary/aromatic N) is 1. The van der Waals surface area contributed by atoms with Crippen LogP contribution >= 0.6 is 0 Å². The van der Waals surface area contributed by atoms with Crippen LogP contribution in [0.5, 0.6) is 0 Å². The van der Waals surface area contributed by atoms with Gasteiger partial charge in [0.1, 0.15) is 11.6 Å². The molecule has 19 heavy (non-hydrogen) atoms. The van der Waals surface area contributed by atoms with Crippen LogP contribution in [0.2, 0.25) is 0 Å². The van der Waals surface area contributed by atoms with Gasteiger partial charge >= 0.3 is 0 Å². The Morgan fingerprint density at radius 3 is 2.05 bits per heavy atom. The van der Waals surface area contributed by atoms with Crippen LogP contribution in [0.3, 0.4) is 0 Å². The van der Waals surface area contributed by atoms with Crippen LogP contribution in [0.15, 0.2) is 18.2 Å². The number of alkyl halides is 2. The second kappa shape index (κ2) is 6.86. The van der Waals surface area contributed by atoms with E-state index in [1.807, 2.05) is 0 Å². The number of aliphatic hydroxyl groups excluding tert-OH is 1. The van der Waals surface area contributed by atoms with E-state index < -0.39 is 36.3 Å². The smallest absolute Gasteiger partial charge is 0.251 e. The second-order valence-electron chi connectivity index (χ2n) is 4.59. The third-order valence-corrected chi connectivity index (χ3v) is 2.84. The molecule has 1 aromatic carbocycles. The number of hydrogen-bond acceptors (Lipinski definition) is 2. The van der Waals surface area contributed by atoms with E-state index in [1.54, 1.807) is 13.8 Å². The highest BCUT2D eigenvalue weighted by molar-refractivity contribution is 5.22. The van der Waals surface area contributed by atoms with E-state index in [1.165, 1.54) is 11.0 Å². The van der Waals surface area contributed by atoms with Crippen molar-refractivity contribution in [1.82, 2.24) is 4.90 Å². The van der Waals surface area contributed by atoms with Gasteiger partial charge in [-0.15, -0.1) is 0 Å². The first-order valence-electron chi connectivity index (χ1n) is 5.97. The van der Waals surface area contributed by atoms with Gasteiger partial charge < -0.3 is 5.11 Å². The van der Waals surface area contributed by atoms with Gasteiger partial charge in [0.05, 0.1) is 18.2 Å². The van der Waals surface area contributed by atoms with E-state index in [2.05, 4.69) is 0 Å². The Labute approximate surface area is 109 Å². The van der Waals surface area contributed by atoms with Crippen molar-refractivity contribution in [2.24, 2.45) is 0 Å². The average molecular weight is 279 g/mol. The monoisotopic (exact) mass is 279 g/mol. The molecule has 1 atom stereocenters. The summed E-state index contributed by atoms with van der Waals surface area (Å²) < 4.78 is 51.7. The lowest BCUT2D eigenvalue weighted by Crippen LogP contribution is -2.38. The van der Waals surface area contributed by atoms with Crippen molar-refractivity contribution in [2.45, 2.75) is 32.4 Å². The van der Waals surface area contributed by atoms with Crippen molar-refractivity contribution in [3.63, 3.8) is 0 Å². The maximum Gasteiger partial charge on any atom is 0.251 e. The molecular formula is C13H17F4NO. The molecule has 1 unspecified atom stereocenters. The number of rotatable bonds is 6. The second-order valence-corrected chi connectivity index (χ2v) is 4.59. The maximum atomic E-state index is 13.4. The molecule has 0 aliphatic rings. The zero-order chi connectivity index (χ0) is 14.6. The molecule has 0 aromatic heterocycles. The summed E-state index contributed by atoms with van der Waals surface area (Å²) in [5, 5.41) is 9.85. The molecule has 1 rings (SSSR count). The fourth-order valence-electron chi connectivity index (χ4n) is 1.82. The summed E-state index contributed by atoms with van der Waals surface area (Å²) in [6.07, 6.45) is -4.05. The third-order valence-electron chi connectivity index (χ3n) is 2.84. The molecule has 0 aliphatic carbocycles. The third kappa shape index (κ3) is 4.47. The van der Waals surface area contributed by atoms with Crippen molar-refractivity contribution >= 4 is 0 Å². The Morgan fingerprint density at radius 1 is 1.11 bits per heavy atom. The van der Waals surface area contributed by atoms with E-state index in [4.69, 9.17) is 0 Å². The van der Waals surface area contributed by atoms with Gasteiger partial charge in [-0.25, -0.2) is 17.6 Å². The zero-order valence-electron chi connectivity index (χ0n) is 10.8. The number of benzene rings is 1. The first kappa shape index (κ1) is 15.9. The molecule has 2 nitrogen and oxygen atoms in total. The predicted octanol–water partition coefficient (Wildman–Crippen LogP) is 2.97. The van der Waals surface area contributed by atoms with Crippen LogP contribution in [0.4, 0.5) is 17.6 Å². The lowest BCUT2D eigenvalue weighted by molar-refractivity contribution is 0.0370. The van der Waals surface area contributed by atoms with E-state index >= 15 is 0 Å². The summed E-state index contributed by atoms with van der Waals surface area (Å²) in [4.78, 5) is 1.28. The summed E-state index contributed by atoms with van der Waals surface area (Å²) in [7, 11) is 0. The lowest BCUT2D eigenvalue weighted by Gasteiger charge is -2.28. The largest absolute Gasteiger partial charge is 0.387 e. The Balaban J connectivity index is 2.84. The van der Waals surface area contributed by atoms with Crippen LogP contribution < -0.4 is 0 Å². The average Bonchev–Trinajstić information content (AvgIpc) is 2.27. The first-order chi connectivity index (χ1) is 8.82. The molecular weight excluding hydrogens is 262 g/mol. The highest BCUT2D eigenvalue weighted by atomic mass is 19.3. The van der Waals surface area contributed by atoms with Gasteiger partial charge in [-0.1, -0.05) is 6.07 Å². The molecule has 0 radical (unpaired) electrons. The Morgan fingerprint density at radius 2 is 1.63 bits per heavy atom. The normalized spacial score (nSPS) is 13.6. The Kier molecular flexibility index (Phi) is 5.75. The zero-order valence-corrected chi connectivity index (χ0v) is 10.8. The fourth-order valence-corrected chi connectivity index (χ4v) is 1.82. The van der Waals surface area contributed by atoms with Gasteiger partial charge in [0.2, 0.25) is 0 Å². The first-order valence-corrected chi connectivity index (χ1v) is 5.97. The molecule has 1 aromatic rings. The van der Waals surface area contributed by atoms with Crippen LogP contribution in [0.25, 0.3) is 0 Å². The molecule has 6 heteroatoms. The minimum atomic E-state index is -2.57. The van der Waals surface area contributed by atoms with Crippen LogP contribution in [0, 0.1) is 11.6 Å². The summed E-state index contributed by atoms with van der Waals surface area (Å²) in [6, 6.07) is 2.96. The van der Waals surface area contributed by atoms with Crippen molar-refractivity contribution in [3.8, 4) is 0 Å². The molecule has 0 saturated heterocycles. The van der Waals surface area contributed by atoms with Gasteiger partial charge in [0.25, 0.3) is 6.43 Å². The molecule has 0 heterocycles. The molecule has 108 valence electrons. The van der Waals surface area contributed by atoms with Gasteiger partial charge in [-0.3, -0.25) is 4.90 Å². The van der Waals surface area contributed by atoms with Crippen molar-refractivity contribution < 1.29 is 22.7 Å². The van der Waals surface area contributed by atoms with E-state index in [9.17, 15) is 22.7 Å². The summed E-state index contributed by atoms with van der Waals surface area (Å²) in [5.74, 6) is -1.76. The quantitative estimate of drug-likeness (QED) is 0.809. The molecule has 0 saturated carbocycles. The summed E-state index contributed by atoms with van der Waals surface area (Å²) >= 11 is 0. The molecule has 0 bridgehead atoms. The number of hydrogen-bond donors (Lipinski definition) is 1. The van der Waals surface area contributed by atoms with Gasteiger partial charge in [-0.05, 0) is 26.0 Å². The van der Waals surface area contributed by atoms with Crippen LogP contribution in [-0.4, -0.2) is 35.6 Å². The van der Waals surface area contributed by atoms with Crippen molar-refractivity contribution in [2.75, 3.05) is 13.1 Å². The minimum absolute atomic E-state index is 0.250. The standard InChI is InChI=1S/C13H17F4NO/c1-8(2)18(7-12(16)17)6-11(19)13-9(14)4-3-5-10(13)15/h3-5,8,11-12,19H,6-7H2,1-2H3. The van der Waals surface area contributed by atoms with E-state index in [-0.39, 0.29) is 12.6 Å². The SMILES string of the molecule is CC(C)N(CC(F)F)CC(O)c1c(F)cccc1F. The Bertz CT molecular complexity index is 391. The molecule has 0 fully saturated rings. The highest BCUT2D eigenvalue weighted by Gasteiger charge is 2.23. The van der Waals surface area contributed by atoms with E-state index in [0.29, 0.717) is 0 Å². The highest BCUT2D eigenvalue weighted by Crippen LogP contribution is 2.22. The molecule has 1 N–H and O–H groups in total. The Hall–Kier alpha value is -1.14. The number of halogens is 4. The summed E-state index contributed by atoms with van der Waals surface area (Å²) in [6.45, 7) is 2.55. The summed E-state index contributed by atoms with van der Waals surface area (Å²) in [5.41, 5.74) is -0.484.